The average molecular weight is 368 g/mol. The van der Waals surface area contributed by atoms with Crippen molar-refractivity contribution < 1.29 is 28.4 Å². The number of amides is 2. The summed E-state index contributed by atoms with van der Waals surface area (Å²) in [5.41, 5.74) is 0. The van der Waals surface area contributed by atoms with Crippen molar-refractivity contribution in [2.45, 2.75) is 25.9 Å². The van der Waals surface area contributed by atoms with Crippen molar-refractivity contribution in [1.29, 1.82) is 0 Å². The number of hydrogen-bond donors (Lipinski definition) is 2. The van der Waals surface area contributed by atoms with Crippen molar-refractivity contribution >= 4 is 28.8 Å². The fourth-order valence-corrected chi connectivity index (χ4v) is 4.06. The molecule has 0 aliphatic carbocycles. The molecule has 8 nitrogen and oxygen atoms in total. The van der Waals surface area contributed by atoms with Crippen molar-refractivity contribution in [1.82, 2.24) is 9.62 Å². The minimum Gasteiger partial charge on any atom is -0.484 e. The largest absolute Gasteiger partial charge is 0.484 e. The molecule has 2 N–H and O–H groups in total. The lowest BCUT2D eigenvalue weighted by molar-refractivity contribution is -0.147. The van der Waals surface area contributed by atoms with Gasteiger partial charge in [-0.25, -0.2) is 13.3 Å². The van der Waals surface area contributed by atoms with E-state index in [0.717, 1.165) is 4.31 Å². The van der Waals surface area contributed by atoms with Crippen LogP contribution in [0.4, 0.5) is 0 Å². The third-order valence-corrected chi connectivity index (χ3v) is 5.09. The maximum atomic E-state index is 12.4. The van der Waals surface area contributed by atoms with Gasteiger partial charge in [0, 0.05) is 0 Å². The molecular formula is C16H20N2O6S. The van der Waals surface area contributed by atoms with Gasteiger partial charge >= 0.3 is 5.97 Å². The van der Waals surface area contributed by atoms with Crippen LogP contribution >= 0.6 is 0 Å². The van der Waals surface area contributed by atoms with Crippen LogP contribution in [0, 0.1) is 5.92 Å². The third kappa shape index (κ3) is 4.56. The molecule has 1 aromatic carbocycles. The Labute approximate surface area is 147 Å². The lowest BCUT2D eigenvalue weighted by Crippen LogP contribution is -2.50. The van der Waals surface area contributed by atoms with Crippen LogP contribution in [0.25, 0.3) is 0 Å². The van der Waals surface area contributed by atoms with Gasteiger partial charge in [-0.3, -0.25) is 9.59 Å². The fourth-order valence-electron chi connectivity index (χ4n) is 2.47. The van der Waals surface area contributed by atoms with E-state index in [1.54, 1.807) is 38.1 Å². The van der Waals surface area contributed by atoms with Gasteiger partial charge in [-0.2, -0.15) is 0 Å². The van der Waals surface area contributed by atoms with Gasteiger partial charge in [0.1, 0.15) is 28.8 Å². The Bertz CT molecular complexity index is 678. The van der Waals surface area contributed by atoms with Crippen LogP contribution in [-0.2, 0) is 25.4 Å². The predicted molar refractivity (Wildman–Crippen MR) is 90.0 cm³/mol. The molecule has 2 amide bonds. The number of nitrogens with one attached hydrogen (secondary N) is 1. The predicted octanol–water partition coefficient (Wildman–Crippen LogP) is 0.165. The second-order valence-corrected chi connectivity index (χ2v) is 7.27. The van der Waals surface area contributed by atoms with Crippen molar-refractivity contribution in [2.24, 2.45) is 5.92 Å². The highest BCUT2D eigenvalue weighted by atomic mass is 32.2. The first-order valence-corrected chi connectivity index (χ1v) is 9.00. The first kappa shape index (κ1) is 18.9. The van der Waals surface area contributed by atoms with Crippen LogP contribution in [-0.4, -0.2) is 55.8 Å². The highest BCUT2D eigenvalue weighted by Crippen LogP contribution is 2.21. The summed E-state index contributed by atoms with van der Waals surface area (Å²) in [4.78, 5) is 35.7. The number of carboxylic acid groups (broad SMARTS) is 1. The average Bonchev–Trinajstić information content (AvgIpc) is 2.81. The summed E-state index contributed by atoms with van der Waals surface area (Å²) in [6.07, 6.45) is 0. The van der Waals surface area contributed by atoms with E-state index in [0.29, 0.717) is 5.75 Å². The van der Waals surface area contributed by atoms with Crippen molar-refractivity contribution in [3.05, 3.63) is 30.3 Å². The molecule has 0 radical (unpaired) electrons. The van der Waals surface area contributed by atoms with Gasteiger partial charge in [-0.1, -0.05) is 32.0 Å². The summed E-state index contributed by atoms with van der Waals surface area (Å²) in [6.45, 7) is 2.96. The number of ether oxygens (including phenoxy) is 1. The van der Waals surface area contributed by atoms with E-state index in [2.05, 4.69) is 5.32 Å². The first-order valence-electron chi connectivity index (χ1n) is 7.73. The van der Waals surface area contributed by atoms with E-state index in [1.807, 2.05) is 6.07 Å². The van der Waals surface area contributed by atoms with E-state index in [4.69, 9.17) is 4.74 Å². The molecule has 9 heteroatoms. The molecule has 1 heterocycles. The number of benzene rings is 1. The van der Waals surface area contributed by atoms with Crippen LogP contribution < -0.4 is 10.1 Å². The van der Waals surface area contributed by atoms with Gasteiger partial charge in [0.05, 0.1) is 5.75 Å². The number of carbonyl (C=O) groups is 3. The lowest BCUT2D eigenvalue weighted by atomic mass is 10.0. The molecule has 136 valence electrons. The number of nitrogens with zero attached hydrogens (tertiary/aromatic N) is 1. The summed E-state index contributed by atoms with van der Waals surface area (Å²) >= 11 is 0. The van der Waals surface area contributed by atoms with E-state index < -0.39 is 46.8 Å². The summed E-state index contributed by atoms with van der Waals surface area (Å²) < 4.78 is 18.3. The Morgan fingerprint density at radius 1 is 1.36 bits per heavy atom. The summed E-state index contributed by atoms with van der Waals surface area (Å²) in [6, 6.07) is 6.47. The molecule has 1 saturated heterocycles. The van der Waals surface area contributed by atoms with E-state index in [-0.39, 0.29) is 12.4 Å². The molecule has 1 fully saturated rings. The summed E-state index contributed by atoms with van der Waals surface area (Å²) in [5.74, 6) is -2.49. The number of hydrogen-bond acceptors (Lipinski definition) is 5. The van der Waals surface area contributed by atoms with Gasteiger partial charge in [-0.15, -0.1) is 0 Å². The molecule has 3 atom stereocenters. The van der Waals surface area contributed by atoms with Crippen LogP contribution in [0.5, 0.6) is 5.75 Å². The molecule has 0 saturated carbocycles. The Kier molecular flexibility index (Phi) is 6.13. The second-order valence-electron chi connectivity index (χ2n) is 5.90. The number of para-hydroxylation sites is 1. The van der Waals surface area contributed by atoms with E-state index >= 15 is 0 Å². The lowest BCUT2D eigenvalue weighted by Gasteiger charge is -2.25. The Hall–Kier alpha value is -2.42. The van der Waals surface area contributed by atoms with Crippen molar-refractivity contribution in [3.8, 4) is 5.75 Å². The second kappa shape index (κ2) is 8.11. The summed E-state index contributed by atoms with van der Waals surface area (Å²) in [7, 11) is -1.80. The first-order chi connectivity index (χ1) is 11.8. The highest BCUT2D eigenvalue weighted by molar-refractivity contribution is 7.83. The van der Waals surface area contributed by atoms with Gasteiger partial charge in [0.15, 0.2) is 6.61 Å². The van der Waals surface area contributed by atoms with E-state index in [1.165, 1.54) is 0 Å². The number of carboxylic acids is 1. The number of aliphatic carboxylic acids is 1. The zero-order valence-corrected chi connectivity index (χ0v) is 14.7. The minimum absolute atomic E-state index is 0.146. The van der Waals surface area contributed by atoms with Crippen molar-refractivity contribution in [2.75, 3.05) is 12.4 Å². The smallest absolute Gasteiger partial charge is 0.327 e. The summed E-state index contributed by atoms with van der Waals surface area (Å²) in [5, 5.41) is 11.7. The third-order valence-electron chi connectivity index (χ3n) is 3.63. The fraction of sp³-hybridized carbons (Fsp3) is 0.438. The van der Waals surface area contributed by atoms with Crippen LogP contribution in [0.15, 0.2) is 30.3 Å². The molecular weight excluding hydrogens is 348 g/mol. The molecule has 2 rings (SSSR count). The Balaban J connectivity index is 1.97. The molecule has 1 unspecified atom stereocenters. The minimum atomic E-state index is -1.80. The maximum Gasteiger partial charge on any atom is 0.327 e. The standard InChI is InChI=1S/C16H20N2O6S/c1-10(2)14(16(21)22)18-15(20)12(9-25(18)23)17-13(19)8-24-11-6-4-3-5-7-11/h3-7,10,12,14H,8-9H2,1-2H3,(H,17,19)(H,21,22)/t12-,14+,25?/m0/s1. The number of carbonyl (C=O) groups excluding carboxylic acids is 2. The maximum absolute atomic E-state index is 12.4. The van der Waals surface area contributed by atoms with Gasteiger partial charge < -0.3 is 15.2 Å². The Morgan fingerprint density at radius 2 is 2.00 bits per heavy atom. The zero-order valence-electron chi connectivity index (χ0n) is 13.9. The molecule has 25 heavy (non-hydrogen) atoms. The highest BCUT2D eigenvalue weighted by Gasteiger charge is 2.46. The molecule has 0 spiro atoms. The molecule has 0 aromatic heterocycles. The van der Waals surface area contributed by atoms with Crippen LogP contribution in [0.2, 0.25) is 0 Å². The molecule has 1 aliphatic heterocycles. The molecule has 1 aliphatic rings. The normalized spacial score (nSPS) is 21.2. The molecule has 0 bridgehead atoms. The number of rotatable bonds is 7. The molecule has 1 aromatic rings. The quantitative estimate of drug-likeness (QED) is 0.709. The van der Waals surface area contributed by atoms with Gasteiger partial charge in [0.2, 0.25) is 0 Å². The SMILES string of the molecule is CC(C)[C@H](C(=O)O)N1C(=O)[C@@H](NC(=O)COc2ccccc2)CS1=O. The van der Waals surface area contributed by atoms with E-state index in [9.17, 15) is 23.7 Å². The zero-order chi connectivity index (χ0) is 18.6. The Morgan fingerprint density at radius 3 is 2.56 bits per heavy atom. The van der Waals surface area contributed by atoms with Gasteiger partial charge in [-0.05, 0) is 18.1 Å². The van der Waals surface area contributed by atoms with Crippen LogP contribution in [0.1, 0.15) is 13.8 Å². The van der Waals surface area contributed by atoms with Crippen molar-refractivity contribution in [3.63, 3.8) is 0 Å². The monoisotopic (exact) mass is 368 g/mol. The van der Waals surface area contributed by atoms with Crippen LogP contribution in [0.3, 0.4) is 0 Å². The topological polar surface area (TPSA) is 113 Å². The van der Waals surface area contributed by atoms with Gasteiger partial charge in [0.25, 0.3) is 11.8 Å².